The quantitative estimate of drug-likeness (QED) is 0.103. The van der Waals surface area contributed by atoms with Crippen molar-refractivity contribution in [2.45, 2.75) is 44.9 Å². The van der Waals surface area contributed by atoms with Crippen LogP contribution in [0.5, 0.6) is 5.75 Å². The lowest BCUT2D eigenvalue weighted by molar-refractivity contribution is -0.127. The second-order valence-electron chi connectivity index (χ2n) is 11.4. The molecule has 5 rings (SSSR count). The number of phosphoric acid groups is 1. The number of phosphoric ester groups is 1. The highest BCUT2D eigenvalue weighted by Crippen LogP contribution is 2.51. The monoisotopic (exact) mass is 669 g/mol. The van der Waals surface area contributed by atoms with Gasteiger partial charge >= 0.3 is 7.82 Å². The lowest BCUT2D eigenvalue weighted by Crippen LogP contribution is -2.48. The Morgan fingerprint density at radius 3 is 1.92 bits per heavy atom. The number of carbonyl (C=O) groups is 3. The Kier molecular flexibility index (Phi) is 12.5. The van der Waals surface area contributed by atoms with Crippen molar-refractivity contribution in [3.05, 3.63) is 138 Å². The molecule has 250 valence electrons. The van der Waals surface area contributed by atoms with Gasteiger partial charge in [0.2, 0.25) is 11.8 Å². The highest BCUT2D eigenvalue weighted by Gasteiger charge is 2.29. The Balaban J connectivity index is 1.23. The summed E-state index contributed by atoms with van der Waals surface area (Å²) < 4.78 is 31.1. The SMILES string of the molecule is O=C(N[C@@H](Cc1ccc(OP(=O)(OCc2ccccc2)OCc2ccccc2)cc1)C(=O)NCCCN1CCCC1=O)c1ccccc1. The van der Waals surface area contributed by atoms with E-state index in [0.717, 1.165) is 29.7 Å². The van der Waals surface area contributed by atoms with Crippen LogP contribution < -0.4 is 15.2 Å². The zero-order valence-corrected chi connectivity index (χ0v) is 27.6. The van der Waals surface area contributed by atoms with Crippen molar-refractivity contribution in [3.8, 4) is 5.75 Å². The highest BCUT2D eigenvalue weighted by atomic mass is 31.2. The van der Waals surface area contributed by atoms with Crippen LogP contribution >= 0.6 is 7.82 Å². The molecule has 0 bridgehead atoms. The molecule has 48 heavy (non-hydrogen) atoms. The van der Waals surface area contributed by atoms with Crippen LogP contribution in [0.3, 0.4) is 0 Å². The van der Waals surface area contributed by atoms with E-state index in [2.05, 4.69) is 10.6 Å². The summed E-state index contributed by atoms with van der Waals surface area (Å²) in [4.78, 5) is 40.0. The molecule has 0 saturated carbocycles. The number of likely N-dealkylation sites (tertiary alicyclic amines) is 1. The van der Waals surface area contributed by atoms with Gasteiger partial charge in [-0.05, 0) is 53.8 Å². The predicted octanol–water partition coefficient (Wildman–Crippen LogP) is 6.08. The number of rotatable bonds is 17. The molecule has 0 radical (unpaired) electrons. The van der Waals surface area contributed by atoms with Crippen LogP contribution in [0.1, 0.15) is 46.3 Å². The Labute approximate surface area is 281 Å². The van der Waals surface area contributed by atoms with Crippen molar-refractivity contribution in [3.63, 3.8) is 0 Å². The fourth-order valence-electron chi connectivity index (χ4n) is 5.18. The minimum Gasteiger partial charge on any atom is -0.404 e. The maximum absolute atomic E-state index is 13.8. The number of nitrogens with one attached hydrogen (secondary N) is 2. The molecule has 1 saturated heterocycles. The summed E-state index contributed by atoms with van der Waals surface area (Å²) in [6.45, 7) is 1.74. The number of nitrogens with zero attached hydrogens (tertiary/aromatic N) is 1. The maximum atomic E-state index is 13.8. The van der Waals surface area contributed by atoms with Gasteiger partial charge in [0.15, 0.2) is 0 Å². The Hall–Kier alpha value is -4.76. The number of hydrogen-bond donors (Lipinski definition) is 2. The van der Waals surface area contributed by atoms with Gasteiger partial charge in [-0.3, -0.25) is 23.4 Å². The lowest BCUT2D eigenvalue weighted by Gasteiger charge is -2.21. The summed E-state index contributed by atoms with van der Waals surface area (Å²) in [7, 11) is -4.06. The minimum absolute atomic E-state index is 0.0250. The van der Waals surface area contributed by atoms with Crippen molar-refractivity contribution in [2.24, 2.45) is 0 Å². The molecule has 1 atom stereocenters. The first kappa shape index (κ1) is 34.6. The molecule has 1 fully saturated rings. The summed E-state index contributed by atoms with van der Waals surface area (Å²) in [5.41, 5.74) is 2.80. The van der Waals surface area contributed by atoms with Crippen LogP contribution in [-0.2, 0) is 42.8 Å². The largest absolute Gasteiger partial charge is 0.530 e. The van der Waals surface area contributed by atoms with Gasteiger partial charge in [0.1, 0.15) is 11.8 Å². The Morgan fingerprint density at radius 2 is 1.35 bits per heavy atom. The van der Waals surface area contributed by atoms with Crippen LogP contribution in [0.25, 0.3) is 0 Å². The number of carbonyl (C=O) groups excluding carboxylic acids is 3. The first-order valence-corrected chi connectivity index (χ1v) is 17.5. The van der Waals surface area contributed by atoms with E-state index in [0.29, 0.717) is 31.5 Å². The number of amides is 3. The molecule has 0 aromatic heterocycles. The Morgan fingerprint density at radius 1 is 0.771 bits per heavy atom. The normalized spacial score (nSPS) is 13.6. The number of benzene rings is 4. The first-order chi connectivity index (χ1) is 23.4. The summed E-state index contributed by atoms with van der Waals surface area (Å²) in [5.74, 6) is -0.302. The molecular weight excluding hydrogens is 629 g/mol. The molecule has 1 aliphatic heterocycles. The number of hydrogen-bond acceptors (Lipinski definition) is 7. The smallest absolute Gasteiger partial charge is 0.404 e. The van der Waals surface area contributed by atoms with Crippen LogP contribution in [0.15, 0.2) is 115 Å². The second kappa shape index (κ2) is 17.4. The summed E-state index contributed by atoms with van der Waals surface area (Å²) in [6.07, 6.45) is 2.24. The van der Waals surface area contributed by atoms with Gasteiger partial charge in [0.25, 0.3) is 5.91 Å². The van der Waals surface area contributed by atoms with Crippen molar-refractivity contribution in [1.29, 1.82) is 0 Å². The van der Waals surface area contributed by atoms with Gasteiger partial charge in [0.05, 0.1) is 13.2 Å². The van der Waals surface area contributed by atoms with Gasteiger partial charge in [-0.25, -0.2) is 4.57 Å². The molecule has 3 amide bonds. The van der Waals surface area contributed by atoms with E-state index in [-0.39, 0.29) is 43.1 Å². The third kappa shape index (κ3) is 10.6. The zero-order valence-electron chi connectivity index (χ0n) is 26.7. The van der Waals surface area contributed by atoms with E-state index >= 15 is 0 Å². The highest BCUT2D eigenvalue weighted by molar-refractivity contribution is 7.48. The molecule has 1 heterocycles. The summed E-state index contributed by atoms with van der Waals surface area (Å²) >= 11 is 0. The van der Waals surface area contributed by atoms with Crippen molar-refractivity contribution in [2.75, 3.05) is 19.6 Å². The van der Waals surface area contributed by atoms with Crippen molar-refractivity contribution in [1.82, 2.24) is 15.5 Å². The molecule has 0 spiro atoms. The van der Waals surface area contributed by atoms with Crippen LogP contribution in [-0.4, -0.2) is 48.3 Å². The average molecular weight is 670 g/mol. The van der Waals surface area contributed by atoms with E-state index in [9.17, 15) is 18.9 Å². The van der Waals surface area contributed by atoms with E-state index in [4.69, 9.17) is 13.6 Å². The van der Waals surface area contributed by atoms with Crippen molar-refractivity contribution < 1.29 is 32.5 Å². The van der Waals surface area contributed by atoms with Gasteiger partial charge in [-0.2, -0.15) is 0 Å². The minimum atomic E-state index is -4.06. The van der Waals surface area contributed by atoms with E-state index < -0.39 is 13.9 Å². The van der Waals surface area contributed by atoms with Gasteiger partial charge < -0.3 is 20.1 Å². The lowest BCUT2D eigenvalue weighted by atomic mass is 10.0. The van der Waals surface area contributed by atoms with Gasteiger partial charge in [-0.1, -0.05) is 91.0 Å². The summed E-state index contributed by atoms with van der Waals surface area (Å²) in [6, 6.07) is 33.2. The van der Waals surface area contributed by atoms with Crippen LogP contribution in [0.2, 0.25) is 0 Å². The van der Waals surface area contributed by atoms with Crippen molar-refractivity contribution >= 4 is 25.5 Å². The molecule has 10 nitrogen and oxygen atoms in total. The summed E-state index contributed by atoms with van der Waals surface area (Å²) in [5, 5.41) is 5.77. The maximum Gasteiger partial charge on any atom is 0.530 e. The zero-order chi connectivity index (χ0) is 33.6. The standard InChI is InChI=1S/C37H40N3O7P/c41-35-18-10-24-40(35)25-11-23-38-37(43)34(39-36(42)32-16-8-3-9-17-32)26-29-19-21-33(22-20-29)47-48(44,45-27-30-12-4-1-5-13-30)46-28-31-14-6-2-7-15-31/h1-9,12-17,19-22,34H,10-11,18,23-28H2,(H,38,43)(H,39,42)/t34-/m0/s1. The third-order valence-electron chi connectivity index (χ3n) is 7.78. The molecule has 0 aliphatic carbocycles. The van der Waals surface area contributed by atoms with Gasteiger partial charge in [0, 0.05) is 38.0 Å². The first-order valence-electron chi connectivity index (χ1n) is 16.0. The second-order valence-corrected chi connectivity index (χ2v) is 13.0. The van der Waals surface area contributed by atoms with E-state index in [1.165, 1.54) is 0 Å². The molecule has 0 unspecified atom stereocenters. The predicted molar refractivity (Wildman–Crippen MR) is 182 cm³/mol. The average Bonchev–Trinajstić information content (AvgIpc) is 3.54. The molecule has 1 aliphatic rings. The third-order valence-corrected chi connectivity index (χ3v) is 9.10. The Bertz CT molecular complexity index is 1620. The molecule has 4 aromatic carbocycles. The van der Waals surface area contributed by atoms with Crippen LogP contribution in [0.4, 0.5) is 0 Å². The molecule has 4 aromatic rings. The van der Waals surface area contributed by atoms with Gasteiger partial charge in [-0.15, -0.1) is 0 Å². The van der Waals surface area contributed by atoms with E-state index in [1.807, 2.05) is 71.6 Å². The molecular formula is C37H40N3O7P. The fourth-order valence-corrected chi connectivity index (χ4v) is 6.36. The molecule has 11 heteroatoms. The van der Waals surface area contributed by atoms with Crippen LogP contribution in [0, 0.1) is 0 Å². The topological polar surface area (TPSA) is 123 Å². The van der Waals surface area contributed by atoms with E-state index in [1.54, 1.807) is 48.5 Å². The fraction of sp³-hybridized carbons (Fsp3) is 0.270. The molecule has 2 N–H and O–H groups in total.